The van der Waals surface area contributed by atoms with Crippen molar-refractivity contribution in [2.45, 2.75) is 51.4 Å². The number of fused-ring (bicyclic) bond motifs is 1. The average molecular weight is 365 g/mol. The minimum atomic E-state index is -3.15. The summed E-state index contributed by atoms with van der Waals surface area (Å²) in [7, 11) is -3.15. The van der Waals surface area contributed by atoms with Gasteiger partial charge in [-0.1, -0.05) is 0 Å². The third-order valence-electron chi connectivity index (χ3n) is 5.76. The van der Waals surface area contributed by atoms with Crippen molar-refractivity contribution in [3.63, 3.8) is 0 Å². The third-order valence-corrected chi connectivity index (χ3v) is 7.03. The highest BCUT2D eigenvalue weighted by Gasteiger charge is 2.32. The number of hydrogen-bond donors (Lipinski definition) is 0. The quantitative estimate of drug-likeness (QED) is 0.818. The molecule has 2 fully saturated rings. The first-order valence-electron chi connectivity index (χ1n) is 9.49. The Bertz CT molecular complexity index is 761. The number of nitrogens with zero attached hydrogens (tertiary/aromatic N) is 4. The molecule has 0 radical (unpaired) electrons. The van der Waals surface area contributed by atoms with Crippen molar-refractivity contribution >= 4 is 15.8 Å². The zero-order valence-electron chi connectivity index (χ0n) is 15.2. The zero-order chi connectivity index (χ0) is 17.6. The van der Waals surface area contributed by atoms with Gasteiger partial charge in [0.2, 0.25) is 10.0 Å². The number of aryl methyl sites for hydroxylation is 1. The Morgan fingerprint density at radius 2 is 1.92 bits per heavy atom. The first-order valence-corrected chi connectivity index (χ1v) is 11.3. The summed E-state index contributed by atoms with van der Waals surface area (Å²) < 4.78 is 25.4. The van der Waals surface area contributed by atoms with E-state index in [0.29, 0.717) is 13.1 Å². The van der Waals surface area contributed by atoms with Crippen LogP contribution < -0.4 is 4.90 Å². The summed E-state index contributed by atoms with van der Waals surface area (Å²) in [6.07, 6.45) is 8.06. The maximum Gasteiger partial charge on any atom is 0.211 e. The Kier molecular flexibility index (Phi) is 4.48. The fourth-order valence-electron chi connectivity index (χ4n) is 4.14. The van der Waals surface area contributed by atoms with Crippen LogP contribution in [0.3, 0.4) is 0 Å². The summed E-state index contributed by atoms with van der Waals surface area (Å²) >= 11 is 0. The van der Waals surface area contributed by atoms with Gasteiger partial charge in [0.05, 0.1) is 6.26 Å². The van der Waals surface area contributed by atoms with E-state index < -0.39 is 10.0 Å². The van der Waals surface area contributed by atoms with Crippen molar-refractivity contribution in [1.82, 2.24) is 14.3 Å². The zero-order valence-corrected chi connectivity index (χ0v) is 16.1. The number of sulfonamides is 1. The molecule has 6 nitrogen and oxygen atoms in total. The van der Waals surface area contributed by atoms with E-state index in [1.807, 2.05) is 0 Å². The lowest BCUT2D eigenvalue weighted by molar-refractivity contribution is 0.310. The van der Waals surface area contributed by atoms with Crippen LogP contribution in [-0.4, -0.2) is 55.1 Å². The van der Waals surface area contributed by atoms with Gasteiger partial charge >= 0.3 is 0 Å². The topological polar surface area (TPSA) is 66.4 Å². The highest BCUT2D eigenvalue weighted by atomic mass is 32.2. The molecule has 4 rings (SSSR count). The van der Waals surface area contributed by atoms with Crippen LogP contribution in [0.1, 0.15) is 55.1 Å². The van der Waals surface area contributed by atoms with Crippen LogP contribution in [0.4, 0.5) is 5.82 Å². The van der Waals surface area contributed by atoms with E-state index in [-0.39, 0.29) is 5.92 Å². The molecule has 138 valence electrons. The van der Waals surface area contributed by atoms with E-state index in [2.05, 4.69) is 11.8 Å². The molecule has 0 amide bonds. The van der Waals surface area contributed by atoms with E-state index in [0.717, 1.165) is 55.6 Å². The summed E-state index contributed by atoms with van der Waals surface area (Å²) in [4.78, 5) is 12.2. The summed E-state index contributed by atoms with van der Waals surface area (Å²) in [5, 5.41) is 0. The second-order valence-electron chi connectivity index (χ2n) is 7.92. The van der Waals surface area contributed by atoms with Gasteiger partial charge in [0.25, 0.3) is 0 Å². The van der Waals surface area contributed by atoms with E-state index in [4.69, 9.17) is 9.97 Å². The third kappa shape index (κ3) is 3.67. The van der Waals surface area contributed by atoms with Crippen LogP contribution in [0.5, 0.6) is 0 Å². The maximum absolute atomic E-state index is 11.9. The smallest absolute Gasteiger partial charge is 0.211 e. The lowest BCUT2D eigenvalue weighted by Crippen LogP contribution is -2.39. The van der Waals surface area contributed by atoms with Gasteiger partial charge in [-0.2, -0.15) is 0 Å². The van der Waals surface area contributed by atoms with E-state index in [1.54, 1.807) is 4.31 Å². The standard InChI is InChI=1S/C18H28N4O2S/c1-13-16-6-4-9-21(11-14-7-8-14)18(16)20-17(19-13)15-5-3-10-22(12-15)25(2,23)24/h14-15H,3-12H2,1-2H3/t15-/m1/s1. The Morgan fingerprint density at radius 3 is 2.64 bits per heavy atom. The minimum Gasteiger partial charge on any atom is -0.356 e. The molecule has 1 atom stereocenters. The molecule has 0 N–H and O–H groups in total. The van der Waals surface area contributed by atoms with E-state index in [9.17, 15) is 8.42 Å². The summed E-state index contributed by atoms with van der Waals surface area (Å²) in [6, 6.07) is 0. The van der Waals surface area contributed by atoms with Gasteiger partial charge in [-0.3, -0.25) is 0 Å². The van der Waals surface area contributed by atoms with Crippen molar-refractivity contribution < 1.29 is 8.42 Å². The predicted molar refractivity (Wildman–Crippen MR) is 98.4 cm³/mol. The SMILES string of the molecule is Cc1nc([C@@H]2CCCN(S(C)(=O)=O)C2)nc2c1CCCN2CC1CC1. The van der Waals surface area contributed by atoms with Crippen molar-refractivity contribution in [3.8, 4) is 0 Å². The molecule has 25 heavy (non-hydrogen) atoms. The predicted octanol–water partition coefficient (Wildman–Crippen LogP) is 2.09. The first-order chi connectivity index (χ1) is 11.9. The van der Waals surface area contributed by atoms with Crippen LogP contribution in [-0.2, 0) is 16.4 Å². The van der Waals surface area contributed by atoms with Crippen LogP contribution in [0.2, 0.25) is 0 Å². The molecule has 1 aromatic heterocycles. The van der Waals surface area contributed by atoms with Gasteiger partial charge in [0.1, 0.15) is 11.6 Å². The Balaban J connectivity index is 1.63. The molecule has 2 aliphatic heterocycles. The van der Waals surface area contributed by atoms with E-state index >= 15 is 0 Å². The summed E-state index contributed by atoms with van der Waals surface area (Å²) in [5.41, 5.74) is 2.38. The molecule has 3 heterocycles. The van der Waals surface area contributed by atoms with Crippen LogP contribution >= 0.6 is 0 Å². The molecule has 0 unspecified atom stereocenters. The van der Waals surface area contributed by atoms with Crippen molar-refractivity contribution in [1.29, 1.82) is 0 Å². The van der Waals surface area contributed by atoms with Crippen LogP contribution in [0, 0.1) is 12.8 Å². The molecule has 1 saturated heterocycles. The maximum atomic E-state index is 11.9. The fraction of sp³-hybridized carbons (Fsp3) is 0.778. The van der Waals surface area contributed by atoms with Gasteiger partial charge in [-0.05, 0) is 51.4 Å². The van der Waals surface area contributed by atoms with Crippen LogP contribution in [0.25, 0.3) is 0 Å². The molecule has 1 aliphatic carbocycles. The molecule has 0 bridgehead atoms. The van der Waals surface area contributed by atoms with Crippen LogP contribution in [0.15, 0.2) is 0 Å². The molecule has 0 spiro atoms. The Morgan fingerprint density at radius 1 is 1.12 bits per heavy atom. The van der Waals surface area contributed by atoms with Gasteiger partial charge in [0.15, 0.2) is 0 Å². The molecule has 3 aliphatic rings. The number of aromatic nitrogens is 2. The largest absolute Gasteiger partial charge is 0.356 e. The lowest BCUT2D eigenvalue weighted by atomic mass is 9.97. The summed E-state index contributed by atoms with van der Waals surface area (Å²) in [5.74, 6) is 2.90. The second-order valence-corrected chi connectivity index (χ2v) is 9.90. The highest BCUT2D eigenvalue weighted by molar-refractivity contribution is 7.88. The molecule has 1 aromatic rings. The number of anilines is 1. The minimum absolute atomic E-state index is 0.108. The molecular weight excluding hydrogens is 336 g/mol. The second kappa shape index (κ2) is 6.50. The number of piperidine rings is 1. The van der Waals surface area contributed by atoms with Crippen molar-refractivity contribution in [3.05, 3.63) is 17.1 Å². The molecular formula is C18H28N4O2S. The highest BCUT2D eigenvalue weighted by Crippen LogP contribution is 2.36. The summed E-state index contributed by atoms with van der Waals surface area (Å²) in [6.45, 7) is 5.41. The monoisotopic (exact) mass is 364 g/mol. The van der Waals surface area contributed by atoms with Crippen molar-refractivity contribution in [2.75, 3.05) is 37.3 Å². The molecule has 7 heteroatoms. The normalized spacial score (nSPS) is 25.0. The fourth-order valence-corrected chi connectivity index (χ4v) is 5.05. The van der Waals surface area contributed by atoms with Crippen molar-refractivity contribution in [2.24, 2.45) is 5.92 Å². The average Bonchev–Trinajstić information content (AvgIpc) is 3.39. The van der Waals surface area contributed by atoms with Gasteiger partial charge in [-0.25, -0.2) is 22.7 Å². The number of hydrogen-bond acceptors (Lipinski definition) is 5. The first kappa shape index (κ1) is 17.2. The van der Waals surface area contributed by atoms with Gasteiger partial charge < -0.3 is 4.90 Å². The molecule has 0 aromatic carbocycles. The van der Waals surface area contributed by atoms with Gasteiger partial charge in [-0.15, -0.1) is 0 Å². The number of rotatable bonds is 4. The molecule has 1 saturated carbocycles. The van der Waals surface area contributed by atoms with E-state index in [1.165, 1.54) is 31.1 Å². The lowest BCUT2D eigenvalue weighted by Gasteiger charge is -2.34. The Labute approximate surface area is 150 Å². The van der Waals surface area contributed by atoms with Gasteiger partial charge in [0, 0.05) is 43.4 Å². The Hall–Kier alpha value is -1.21.